The Kier molecular flexibility index (Phi) is 1.67. The first kappa shape index (κ1) is 9.93. The van der Waals surface area contributed by atoms with Crippen molar-refractivity contribution < 1.29 is 0 Å². The number of hydrogen-bond acceptors (Lipinski definition) is 0. The summed E-state index contributed by atoms with van der Waals surface area (Å²) in [5.74, 6) is 0.959. The molecule has 0 nitrogen and oxygen atoms in total. The highest BCUT2D eigenvalue weighted by molar-refractivity contribution is 5.27. The lowest BCUT2D eigenvalue weighted by Gasteiger charge is -2.45. The second kappa shape index (κ2) is 2.52. The van der Waals surface area contributed by atoms with Crippen molar-refractivity contribution in [2.75, 3.05) is 0 Å². The zero-order valence-electron chi connectivity index (χ0n) is 10.5. The van der Waals surface area contributed by atoms with Crippen LogP contribution in [0, 0.1) is 22.2 Å². The van der Waals surface area contributed by atoms with Crippen molar-refractivity contribution in [3.05, 3.63) is 12.2 Å². The standard InChI is InChI=1S/C15H24/c1-11(2)15-8-5-7-14(4)12(15)6-9-13(14,3)10-15/h12H,1,5-10H2,2-4H3/t12?,13-,14+,15+/m1/s1. The van der Waals surface area contributed by atoms with Crippen LogP contribution in [0.4, 0.5) is 0 Å². The lowest BCUT2D eigenvalue weighted by atomic mass is 9.59. The van der Waals surface area contributed by atoms with E-state index in [0.717, 1.165) is 5.92 Å². The molecule has 0 aromatic heterocycles. The summed E-state index contributed by atoms with van der Waals surface area (Å²) >= 11 is 0. The molecule has 4 atom stereocenters. The van der Waals surface area contributed by atoms with E-state index in [1.54, 1.807) is 0 Å². The molecule has 15 heavy (non-hydrogen) atoms. The summed E-state index contributed by atoms with van der Waals surface area (Å²) in [5.41, 5.74) is 3.30. The molecule has 0 N–H and O–H groups in total. The molecule has 0 saturated heterocycles. The lowest BCUT2D eigenvalue weighted by molar-refractivity contribution is 0.0726. The van der Waals surface area contributed by atoms with Crippen molar-refractivity contribution in [1.82, 2.24) is 0 Å². The van der Waals surface area contributed by atoms with Crippen LogP contribution in [0.5, 0.6) is 0 Å². The fourth-order valence-corrected chi connectivity index (χ4v) is 5.65. The Morgan fingerprint density at radius 1 is 1.20 bits per heavy atom. The van der Waals surface area contributed by atoms with Gasteiger partial charge in [-0.2, -0.15) is 0 Å². The summed E-state index contributed by atoms with van der Waals surface area (Å²) in [7, 11) is 0. The Bertz CT molecular complexity index is 329. The Labute approximate surface area is 94.1 Å². The van der Waals surface area contributed by atoms with Crippen molar-refractivity contribution in [2.45, 2.75) is 59.3 Å². The molecule has 0 radical (unpaired) electrons. The first-order chi connectivity index (χ1) is 6.95. The topological polar surface area (TPSA) is 0 Å². The maximum Gasteiger partial charge on any atom is -0.00545 e. The third-order valence-electron chi connectivity index (χ3n) is 6.67. The molecule has 84 valence electrons. The van der Waals surface area contributed by atoms with E-state index in [9.17, 15) is 0 Å². The van der Waals surface area contributed by atoms with Gasteiger partial charge < -0.3 is 0 Å². The van der Waals surface area contributed by atoms with Crippen LogP contribution in [0.1, 0.15) is 59.3 Å². The summed E-state index contributed by atoms with van der Waals surface area (Å²) in [6, 6.07) is 0. The molecule has 0 heteroatoms. The molecule has 0 spiro atoms. The van der Waals surface area contributed by atoms with Crippen molar-refractivity contribution in [1.29, 1.82) is 0 Å². The van der Waals surface area contributed by atoms with Crippen LogP contribution >= 0.6 is 0 Å². The fraction of sp³-hybridized carbons (Fsp3) is 0.867. The molecule has 0 aliphatic heterocycles. The van der Waals surface area contributed by atoms with Gasteiger partial charge >= 0.3 is 0 Å². The third-order valence-corrected chi connectivity index (χ3v) is 6.67. The largest absolute Gasteiger partial charge is 0.0996 e. The van der Waals surface area contributed by atoms with Crippen LogP contribution in [0.15, 0.2) is 12.2 Å². The SMILES string of the molecule is C=C(C)[C@@]12CCC[C@@]3(C)C1CC[C@]3(C)C2. The summed E-state index contributed by atoms with van der Waals surface area (Å²) < 4.78 is 0. The predicted octanol–water partition coefficient (Wildman–Crippen LogP) is 4.56. The Hall–Kier alpha value is -0.260. The molecular weight excluding hydrogens is 180 g/mol. The Balaban J connectivity index is 2.14. The third kappa shape index (κ3) is 0.867. The van der Waals surface area contributed by atoms with Crippen molar-refractivity contribution in [2.24, 2.45) is 22.2 Å². The van der Waals surface area contributed by atoms with Crippen LogP contribution in [0.3, 0.4) is 0 Å². The van der Waals surface area contributed by atoms with E-state index >= 15 is 0 Å². The Morgan fingerprint density at radius 3 is 2.53 bits per heavy atom. The minimum atomic E-state index is 0.542. The summed E-state index contributed by atoms with van der Waals surface area (Å²) in [4.78, 5) is 0. The van der Waals surface area contributed by atoms with E-state index in [-0.39, 0.29) is 0 Å². The van der Waals surface area contributed by atoms with E-state index in [4.69, 9.17) is 0 Å². The van der Waals surface area contributed by atoms with Gasteiger partial charge in [-0.1, -0.05) is 32.4 Å². The first-order valence-electron chi connectivity index (χ1n) is 6.61. The molecule has 1 unspecified atom stereocenters. The summed E-state index contributed by atoms with van der Waals surface area (Å²) in [6.45, 7) is 11.8. The van der Waals surface area contributed by atoms with Crippen molar-refractivity contribution >= 4 is 0 Å². The molecule has 3 aliphatic carbocycles. The Morgan fingerprint density at radius 2 is 1.93 bits per heavy atom. The maximum absolute atomic E-state index is 4.33. The van der Waals surface area contributed by atoms with Crippen LogP contribution in [-0.2, 0) is 0 Å². The average molecular weight is 204 g/mol. The van der Waals surface area contributed by atoms with E-state index in [0.29, 0.717) is 16.2 Å². The molecule has 3 rings (SSSR count). The van der Waals surface area contributed by atoms with Gasteiger partial charge in [-0.05, 0) is 61.2 Å². The summed E-state index contributed by atoms with van der Waals surface area (Å²) in [6.07, 6.45) is 8.73. The normalized spacial score (nSPS) is 57.1. The van der Waals surface area contributed by atoms with E-state index in [1.807, 2.05) is 0 Å². The molecule has 3 saturated carbocycles. The quantitative estimate of drug-likeness (QED) is 0.549. The van der Waals surface area contributed by atoms with Gasteiger partial charge in [0, 0.05) is 0 Å². The van der Waals surface area contributed by atoms with Gasteiger partial charge in [0.15, 0.2) is 0 Å². The molecule has 0 aromatic rings. The van der Waals surface area contributed by atoms with Crippen LogP contribution < -0.4 is 0 Å². The number of allylic oxidation sites excluding steroid dienone is 1. The highest BCUT2D eigenvalue weighted by Crippen LogP contribution is 2.78. The van der Waals surface area contributed by atoms with Gasteiger partial charge in [0.05, 0.1) is 0 Å². The van der Waals surface area contributed by atoms with Crippen LogP contribution in [0.25, 0.3) is 0 Å². The number of rotatable bonds is 1. The van der Waals surface area contributed by atoms with E-state index in [1.165, 1.54) is 44.1 Å². The van der Waals surface area contributed by atoms with Gasteiger partial charge in [-0.3, -0.25) is 0 Å². The van der Waals surface area contributed by atoms with Gasteiger partial charge in [0.1, 0.15) is 0 Å². The van der Waals surface area contributed by atoms with E-state index < -0.39 is 0 Å². The fourth-order valence-electron chi connectivity index (χ4n) is 5.65. The minimum Gasteiger partial charge on any atom is -0.0996 e. The average Bonchev–Trinajstić information content (AvgIpc) is 2.45. The molecule has 3 fully saturated rings. The molecular formula is C15H24. The molecule has 3 aliphatic rings. The van der Waals surface area contributed by atoms with Crippen molar-refractivity contribution in [3.8, 4) is 0 Å². The predicted molar refractivity (Wildman–Crippen MR) is 64.7 cm³/mol. The highest BCUT2D eigenvalue weighted by atomic mass is 14.7. The lowest BCUT2D eigenvalue weighted by Crippen LogP contribution is -2.37. The van der Waals surface area contributed by atoms with Crippen LogP contribution in [0.2, 0.25) is 0 Å². The van der Waals surface area contributed by atoms with E-state index in [2.05, 4.69) is 27.4 Å². The zero-order chi connectivity index (χ0) is 10.9. The number of hydrogen-bond donors (Lipinski definition) is 0. The molecule has 0 amide bonds. The second-order valence-electron chi connectivity index (χ2n) is 7.04. The van der Waals surface area contributed by atoms with Crippen LogP contribution in [-0.4, -0.2) is 0 Å². The molecule has 0 heterocycles. The first-order valence-corrected chi connectivity index (χ1v) is 6.61. The minimum absolute atomic E-state index is 0.542. The smallest absolute Gasteiger partial charge is 0.00545 e. The van der Waals surface area contributed by atoms with Gasteiger partial charge in [-0.15, -0.1) is 0 Å². The second-order valence-corrected chi connectivity index (χ2v) is 7.04. The van der Waals surface area contributed by atoms with Crippen molar-refractivity contribution in [3.63, 3.8) is 0 Å². The summed E-state index contributed by atoms with van der Waals surface area (Å²) in [5, 5.41) is 0. The molecule has 0 aromatic carbocycles. The van der Waals surface area contributed by atoms with Gasteiger partial charge in [0.2, 0.25) is 0 Å². The molecule has 4 bridgehead atoms. The highest BCUT2D eigenvalue weighted by Gasteiger charge is 2.69. The zero-order valence-corrected chi connectivity index (χ0v) is 10.5. The maximum atomic E-state index is 4.33. The monoisotopic (exact) mass is 204 g/mol. The van der Waals surface area contributed by atoms with Gasteiger partial charge in [0.25, 0.3) is 0 Å². The van der Waals surface area contributed by atoms with Gasteiger partial charge in [-0.25, -0.2) is 0 Å².